The molecule has 1 aliphatic heterocycles. The Morgan fingerprint density at radius 2 is 2.00 bits per heavy atom. The summed E-state index contributed by atoms with van der Waals surface area (Å²) in [5.41, 5.74) is 0. The second kappa shape index (κ2) is 4.31. The van der Waals surface area contributed by atoms with Crippen LogP contribution in [0.15, 0.2) is 0 Å². The summed E-state index contributed by atoms with van der Waals surface area (Å²) in [5, 5.41) is 2.66. The highest BCUT2D eigenvalue weighted by Crippen LogP contribution is 1.95. The molecule has 1 heterocycles. The number of hydrogen-bond acceptors (Lipinski definition) is 3. The van der Waals surface area contributed by atoms with Crippen molar-refractivity contribution in [2.45, 2.75) is 0 Å². The highest BCUT2D eigenvalue weighted by atomic mass is 16.1. The molecule has 11 heavy (non-hydrogen) atoms. The minimum Gasteiger partial charge on any atom is -0.346 e. The number of hydrogen-bond donors (Lipinski definition) is 1. The van der Waals surface area contributed by atoms with Gasteiger partial charge in [0.15, 0.2) is 0 Å². The van der Waals surface area contributed by atoms with E-state index >= 15 is 0 Å². The first-order valence-electron chi connectivity index (χ1n) is 3.91. The van der Waals surface area contributed by atoms with Crippen LogP contribution in [0.3, 0.4) is 0 Å². The summed E-state index contributed by atoms with van der Waals surface area (Å²) in [5.74, 6) is 0. The lowest BCUT2D eigenvalue weighted by Gasteiger charge is -2.31. The van der Waals surface area contributed by atoms with E-state index in [0.29, 0.717) is 6.67 Å². The highest BCUT2D eigenvalue weighted by Gasteiger charge is 2.11. The Kier molecular flexibility index (Phi) is 3.32. The zero-order valence-electron chi connectivity index (χ0n) is 6.92. The Morgan fingerprint density at radius 1 is 1.36 bits per heavy atom. The summed E-state index contributed by atoms with van der Waals surface area (Å²) < 4.78 is 0. The van der Waals surface area contributed by atoms with E-state index in [1.165, 1.54) is 0 Å². The van der Waals surface area contributed by atoms with Gasteiger partial charge in [0.2, 0.25) is 6.41 Å². The molecule has 64 valence electrons. The van der Waals surface area contributed by atoms with E-state index in [-0.39, 0.29) is 0 Å². The molecule has 0 atom stereocenters. The van der Waals surface area contributed by atoms with Gasteiger partial charge in [0.1, 0.15) is 0 Å². The molecule has 0 aromatic rings. The van der Waals surface area contributed by atoms with Gasteiger partial charge in [-0.2, -0.15) is 0 Å². The van der Waals surface area contributed by atoms with Crippen molar-refractivity contribution in [3.63, 3.8) is 0 Å². The summed E-state index contributed by atoms with van der Waals surface area (Å²) in [6.07, 6.45) is 0.748. The van der Waals surface area contributed by atoms with Crippen molar-refractivity contribution in [2.24, 2.45) is 0 Å². The van der Waals surface area contributed by atoms with Crippen LogP contribution in [0.4, 0.5) is 0 Å². The lowest BCUT2D eigenvalue weighted by Crippen LogP contribution is -2.47. The molecule has 0 unspecified atom stereocenters. The maximum absolute atomic E-state index is 9.96. The molecule has 1 rings (SSSR count). The third-order valence-electron chi connectivity index (χ3n) is 1.99. The number of carbonyl (C=O) groups excluding carboxylic acids is 1. The fourth-order valence-electron chi connectivity index (χ4n) is 1.17. The molecule has 1 fully saturated rings. The summed E-state index contributed by atoms with van der Waals surface area (Å²) in [4.78, 5) is 14.5. The van der Waals surface area contributed by atoms with Gasteiger partial charge < -0.3 is 10.2 Å². The van der Waals surface area contributed by atoms with Crippen molar-refractivity contribution in [3.05, 3.63) is 0 Å². The van der Waals surface area contributed by atoms with Crippen molar-refractivity contribution in [2.75, 3.05) is 39.9 Å². The fourth-order valence-corrected chi connectivity index (χ4v) is 1.17. The first-order chi connectivity index (χ1) is 5.33. The van der Waals surface area contributed by atoms with Crippen LogP contribution in [-0.2, 0) is 4.79 Å². The van der Waals surface area contributed by atoms with Crippen molar-refractivity contribution >= 4 is 6.41 Å². The topological polar surface area (TPSA) is 35.6 Å². The van der Waals surface area contributed by atoms with Crippen molar-refractivity contribution in [1.29, 1.82) is 0 Å². The Bertz CT molecular complexity index is 121. The van der Waals surface area contributed by atoms with Crippen LogP contribution >= 0.6 is 0 Å². The molecule has 4 heteroatoms. The number of nitrogens with zero attached hydrogens (tertiary/aromatic N) is 2. The van der Waals surface area contributed by atoms with Crippen LogP contribution in [0, 0.1) is 0 Å². The predicted octanol–water partition coefficient (Wildman–Crippen LogP) is -1.06. The van der Waals surface area contributed by atoms with Crippen LogP contribution < -0.4 is 5.32 Å². The monoisotopic (exact) mass is 157 g/mol. The van der Waals surface area contributed by atoms with E-state index in [9.17, 15) is 4.79 Å². The molecule has 4 nitrogen and oxygen atoms in total. The lowest BCUT2D eigenvalue weighted by molar-refractivity contribution is -0.110. The lowest BCUT2D eigenvalue weighted by atomic mass is 10.3. The van der Waals surface area contributed by atoms with E-state index in [4.69, 9.17) is 0 Å². The zero-order valence-corrected chi connectivity index (χ0v) is 6.92. The maximum Gasteiger partial charge on any atom is 0.208 e. The molecule has 1 N–H and O–H groups in total. The van der Waals surface area contributed by atoms with Crippen LogP contribution in [-0.4, -0.2) is 56.1 Å². The molecule has 0 saturated carbocycles. The molecular weight excluding hydrogens is 142 g/mol. The molecule has 0 aliphatic carbocycles. The molecule has 1 saturated heterocycles. The number of nitrogens with one attached hydrogen (secondary N) is 1. The summed E-state index contributed by atoms with van der Waals surface area (Å²) >= 11 is 0. The number of likely N-dealkylation sites (N-methyl/N-ethyl adjacent to an activating group) is 1. The third-order valence-corrected chi connectivity index (χ3v) is 1.99. The third kappa shape index (κ3) is 2.86. The van der Waals surface area contributed by atoms with E-state index < -0.39 is 0 Å². The van der Waals surface area contributed by atoms with Gasteiger partial charge in [0.25, 0.3) is 0 Å². The quantitative estimate of drug-likeness (QED) is 0.530. The predicted molar refractivity (Wildman–Crippen MR) is 43.1 cm³/mol. The number of carbonyl (C=O) groups is 1. The number of piperazine rings is 1. The van der Waals surface area contributed by atoms with Crippen molar-refractivity contribution < 1.29 is 4.79 Å². The Hall–Kier alpha value is -0.610. The number of amides is 1. The Morgan fingerprint density at radius 3 is 2.55 bits per heavy atom. The molecule has 0 spiro atoms. The number of rotatable bonds is 3. The summed E-state index contributed by atoms with van der Waals surface area (Å²) in [6, 6.07) is 0. The van der Waals surface area contributed by atoms with Gasteiger partial charge >= 0.3 is 0 Å². The Balaban J connectivity index is 2.12. The zero-order chi connectivity index (χ0) is 8.10. The normalized spacial score (nSPS) is 21.5. The van der Waals surface area contributed by atoms with Crippen molar-refractivity contribution in [3.8, 4) is 0 Å². The second-order valence-electron chi connectivity index (χ2n) is 2.90. The molecule has 0 bridgehead atoms. The van der Waals surface area contributed by atoms with Gasteiger partial charge in [0, 0.05) is 26.2 Å². The smallest absolute Gasteiger partial charge is 0.208 e. The first kappa shape index (κ1) is 8.49. The van der Waals surface area contributed by atoms with E-state index in [1.807, 2.05) is 0 Å². The minimum absolute atomic E-state index is 0.692. The molecule has 0 aromatic carbocycles. The van der Waals surface area contributed by atoms with Crippen LogP contribution in [0.5, 0.6) is 0 Å². The Labute approximate surface area is 67.2 Å². The van der Waals surface area contributed by atoms with Gasteiger partial charge in [-0.1, -0.05) is 0 Å². The molecule has 1 amide bonds. The van der Waals surface area contributed by atoms with Gasteiger partial charge in [0.05, 0.1) is 6.67 Å². The SMILES string of the molecule is CN1CCN(CNC=O)CC1. The van der Waals surface area contributed by atoms with Crippen LogP contribution in [0.25, 0.3) is 0 Å². The molecule has 1 aliphatic rings. The van der Waals surface area contributed by atoms with Crippen molar-refractivity contribution in [1.82, 2.24) is 15.1 Å². The average molecular weight is 157 g/mol. The highest BCUT2D eigenvalue weighted by molar-refractivity contribution is 5.45. The largest absolute Gasteiger partial charge is 0.346 e. The second-order valence-corrected chi connectivity index (χ2v) is 2.90. The van der Waals surface area contributed by atoms with E-state index in [2.05, 4.69) is 22.2 Å². The molecule has 0 radical (unpaired) electrons. The van der Waals surface area contributed by atoms with Gasteiger partial charge in [-0.3, -0.25) is 9.69 Å². The first-order valence-corrected chi connectivity index (χ1v) is 3.91. The van der Waals surface area contributed by atoms with E-state index in [0.717, 1.165) is 32.6 Å². The van der Waals surface area contributed by atoms with Gasteiger partial charge in [-0.15, -0.1) is 0 Å². The average Bonchev–Trinajstić information content (AvgIpc) is 2.04. The molecule has 0 aromatic heterocycles. The fraction of sp³-hybridized carbons (Fsp3) is 0.857. The van der Waals surface area contributed by atoms with E-state index in [1.54, 1.807) is 0 Å². The van der Waals surface area contributed by atoms with Gasteiger partial charge in [-0.05, 0) is 7.05 Å². The van der Waals surface area contributed by atoms with Gasteiger partial charge in [-0.25, -0.2) is 0 Å². The maximum atomic E-state index is 9.96. The van der Waals surface area contributed by atoms with Crippen LogP contribution in [0.1, 0.15) is 0 Å². The molecular formula is C7H15N3O. The van der Waals surface area contributed by atoms with Crippen LogP contribution in [0.2, 0.25) is 0 Å². The summed E-state index contributed by atoms with van der Waals surface area (Å²) in [7, 11) is 2.12. The minimum atomic E-state index is 0.692. The standard InChI is InChI=1S/C7H15N3O/c1-9-2-4-10(5-3-9)6-8-7-11/h7H,2-6H2,1H3,(H,8,11). The summed E-state index contributed by atoms with van der Waals surface area (Å²) in [6.45, 7) is 4.99.